The monoisotopic (exact) mass is 426 g/mol. The fourth-order valence-corrected chi connectivity index (χ4v) is 6.28. The first-order valence-corrected chi connectivity index (χ1v) is 13.2. The van der Waals surface area contributed by atoms with Crippen LogP contribution in [0.2, 0.25) is 0 Å². The van der Waals surface area contributed by atoms with E-state index in [0.29, 0.717) is 0 Å². The predicted octanol–water partition coefficient (Wildman–Crippen LogP) is 9.52. The molecule has 2 aromatic carbocycles. The van der Waals surface area contributed by atoms with Crippen molar-refractivity contribution in [1.29, 1.82) is 0 Å². The zero-order valence-corrected chi connectivity index (χ0v) is 20.3. The van der Waals surface area contributed by atoms with E-state index in [2.05, 4.69) is 86.7 Å². The maximum absolute atomic E-state index is 2.42. The van der Waals surface area contributed by atoms with E-state index in [9.17, 15) is 0 Å². The normalized spacial score (nSPS) is 25.9. The molecular formula is C32H42. The summed E-state index contributed by atoms with van der Waals surface area (Å²) in [4.78, 5) is 0. The van der Waals surface area contributed by atoms with Gasteiger partial charge in [0.15, 0.2) is 0 Å². The van der Waals surface area contributed by atoms with Crippen molar-refractivity contribution in [1.82, 2.24) is 0 Å². The summed E-state index contributed by atoms with van der Waals surface area (Å²) in [5.41, 5.74) is 5.69. The van der Waals surface area contributed by atoms with Crippen molar-refractivity contribution in [2.75, 3.05) is 0 Å². The molecule has 0 spiro atoms. The van der Waals surface area contributed by atoms with Crippen LogP contribution in [0.5, 0.6) is 0 Å². The molecule has 2 fully saturated rings. The van der Waals surface area contributed by atoms with Crippen molar-refractivity contribution in [3.63, 3.8) is 0 Å². The van der Waals surface area contributed by atoms with Crippen LogP contribution >= 0.6 is 0 Å². The number of allylic oxidation sites excluding steroid dienone is 4. The molecule has 32 heavy (non-hydrogen) atoms. The van der Waals surface area contributed by atoms with E-state index in [4.69, 9.17) is 0 Å². The molecule has 2 aromatic rings. The highest BCUT2D eigenvalue weighted by molar-refractivity contribution is 5.64. The van der Waals surface area contributed by atoms with Crippen LogP contribution in [-0.4, -0.2) is 0 Å². The van der Waals surface area contributed by atoms with Crippen LogP contribution in [-0.2, 0) is 6.42 Å². The Kier molecular flexibility index (Phi) is 8.43. The average molecular weight is 427 g/mol. The van der Waals surface area contributed by atoms with E-state index in [-0.39, 0.29) is 0 Å². The average Bonchev–Trinajstić information content (AvgIpc) is 2.85. The van der Waals surface area contributed by atoms with Crippen molar-refractivity contribution < 1.29 is 0 Å². The number of rotatable bonds is 8. The zero-order valence-electron chi connectivity index (χ0n) is 20.3. The van der Waals surface area contributed by atoms with Gasteiger partial charge in [-0.25, -0.2) is 0 Å². The summed E-state index contributed by atoms with van der Waals surface area (Å²) < 4.78 is 0. The van der Waals surface area contributed by atoms with Crippen molar-refractivity contribution in [3.8, 4) is 11.1 Å². The fraction of sp³-hybridized carbons (Fsp3) is 0.500. The van der Waals surface area contributed by atoms with Crippen molar-refractivity contribution in [3.05, 3.63) is 84.0 Å². The molecule has 0 aliphatic heterocycles. The Morgan fingerprint density at radius 2 is 1.31 bits per heavy atom. The second kappa shape index (κ2) is 11.7. The summed E-state index contributed by atoms with van der Waals surface area (Å²) >= 11 is 0. The molecule has 4 atom stereocenters. The van der Waals surface area contributed by atoms with E-state index < -0.39 is 0 Å². The number of fused-ring (bicyclic) bond motifs is 1. The lowest BCUT2D eigenvalue weighted by atomic mass is 9.63. The number of hydrogen-bond acceptors (Lipinski definition) is 0. The van der Waals surface area contributed by atoms with E-state index in [0.717, 1.165) is 36.5 Å². The Labute approximate surface area is 196 Å². The molecule has 4 unspecified atom stereocenters. The molecule has 0 N–H and O–H groups in total. The third-order valence-electron chi connectivity index (χ3n) is 8.20. The van der Waals surface area contributed by atoms with Gasteiger partial charge in [-0.05, 0) is 118 Å². The van der Waals surface area contributed by atoms with Gasteiger partial charge in [-0.2, -0.15) is 0 Å². The smallest absolute Gasteiger partial charge is 0.0159 e. The lowest BCUT2D eigenvalue weighted by Crippen LogP contribution is -2.30. The molecule has 0 saturated heterocycles. The first-order valence-electron chi connectivity index (χ1n) is 13.2. The molecule has 0 heteroatoms. The second-order valence-electron chi connectivity index (χ2n) is 10.3. The van der Waals surface area contributed by atoms with E-state index in [1.807, 2.05) is 0 Å². The Morgan fingerprint density at radius 1 is 0.688 bits per heavy atom. The van der Waals surface area contributed by atoms with Crippen molar-refractivity contribution in [2.24, 2.45) is 17.8 Å². The Balaban J connectivity index is 1.31. The highest BCUT2D eigenvalue weighted by atomic mass is 14.4. The van der Waals surface area contributed by atoms with Gasteiger partial charge < -0.3 is 0 Å². The van der Waals surface area contributed by atoms with Crippen LogP contribution in [0.25, 0.3) is 11.1 Å². The maximum atomic E-state index is 2.42. The Bertz CT molecular complexity index is 867. The summed E-state index contributed by atoms with van der Waals surface area (Å²) in [5, 5.41) is 0. The van der Waals surface area contributed by atoms with Gasteiger partial charge in [0.2, 0.25) is 0 Å². The van der Waals surface area contributed by atoms with Crippen molar-refractivity contribution >= 4 is 0 Å². The lowest BCUT2D eigenvalue weighted by Gasteiger charge is -2.42. The van der Waals surface area contributed by atoms with Gasteiger partial charge in [-0.1, -0.05) is 79.3 Å². The summed E-state index contributed by atoms with van der Waals surface area (Å²) in [6.45, 7) is 4.24. The molecule has 0 nitrogen and oxygen atoms in total. The third kappa shape index (κ3) is 6.03. The minimum absolute atomic E-state index is 0.777. The van der Waals surface area contributed by atoms with Gasteiger partial charge in [-0.3, -0.25) is 0 Å². The molecular weight excluding hydrogens is 384 g/mol. The summed E-state index contributed by atoms with van der Waals surface area (Å²) in [5.74, 6) is 3.74. The molecule has 4 rings (SSSR count). The predicted molar refractivity (Wildman–Crippen MR) is 140 cm³/mol. The minimum atomic E-state index is 0.777. The summed E-state index contributed by atoms with van der Waals surface area (Å²) in [6, 6.07) is 18.7. The molecule has 170 valence electrons. The van der Waals surface area contributed by atoms with Crippen LogP contribution in [0, 0.1) is 17.8 Å². The minimum Gasteiger partial charge on any atom is -0.0917 e. The Morgan fingerprint density at radius 3 is 2.03 bits per heavy atom. The molecule has 0 bridgehead atoms. The maximum Gasteiger partial charge on any atom is -0.0159 e. The first-order chi connectivity index (χ1) is 15.8. The quantitative estimate of drug-likeness (QED) is 0.369. The van der Waals surface area contributed by atoms with Gasteiger partial charge in [0.25, 0.3) is 0 Å². The summed E-state index contributed by atoms with van der Waals surface area (Å²) in [7, 11) is 0. The largest absolute Gasteiger partial charge is 0.0917 e. The van der Waals surface area contributed by atoms with Gasteiger partial charge >= 0.3 is 0 Å². The highest BCUT2D eigenvalue weighted by Gasteiger charge is 2.35. The second-order valence-corrected chi connectivity index (χ2v) is 10.3. The summed E-state index contributed by atoms with van der Waals surface area (Å²) in [6.07, 6.45) is 22.6. The molecule has 0 radical (unpaired) electrons. The van der Waals surface area contributed by atoms with Gasteiger partial charge in [0.1, 0.15) is 0 Å². The van der Waals surface area contributed by atoms with Gasteiger partial charge in [-0.15, -0.1) is 0 Å². The van der Waals surface area contributed by atoms with Crippen LogP contribution < -0.4 is 0 Å². The standard InChI is InChI=1S/C32H42/c1-3-5-7-9-25-11-14-27(15-12-25)28-17-19-29(20-18-28)31-22-21-30-23-26(10-8-6-4-2)13-16-32(30)24-31/h3-6,11-12,14-15,17-20,26,30-32H,7-10,13,16,21-24H2,1-2H3/b5-3+,6-4+. The molecule has 2 saturated carbocycles. The van der Waals surface area contributed by atoms with Gasteiger partial charge in [0, 0.05) is 0 Å². The molecule has 0 heterocycles. The van der Waals surface area contributed by atoms with Crippen molar-refractivity contribution in [2.45, 2.75) is 84.0 Å². The van der Waals surface area contributed by atoms with E-state index in [1.54, 1.807) is 5.56 Å². The van der Waals surface area contributed by atoms with E-state index in [1.165, 1.54) is 68.1 Å². The highest BCUT2D eigenvalue weighted by Crippen LogP contribution is 2.48. The zero-order chi connectivity index (χ0) is 22.2. The third-order valence-corrected chi connectivity index (χ3v) is 8.20. The molecule has 0 amide bonds. The lowest BCUT2D eigenvalue weighted by molar-refractivity contribution is 0.115. The van der Waals surface area contributed by atoms with Crippen LogP contribution in [0.3, 0.4) is 0 Å². The van der Waals surface area contributed by atoms with Gasteiger partial charge in [0.05, 0.1) is 0 Å². The molecule has 2 aliphatic rings. The topological polar surface area (TPSA) is 0 Å². The number of benzene rings is 2. The van der Waals surface area contributed by atoms with E-state index >= 15 is 0 Å². The molecule has 0 aromatic heterocycles. The van der Waals surface area contributed by atoms with Crippen LogP contribution in [0.15, 0.2) is 72.8 Å². The first kappa shape index (κ1) is 23.1. The Hall–Kier alpha value is -2.08. The number of hydrogen-bond donors (Lipinski definition) is 0. The fourth-order valence-electron chi connectivity index (χ4n) is 6.28. The molecule has 2 aliphatic carbocycles. The van der Waals surface area contributed by atoms with Crippen LogP contribution in [0.1, 0.15) is 88.7 Å². The van der Waals surface area contributed by atoms with Crippen LogP contribution in [0.4, 0.5) is 0 Å². The number of aryl methyl sites for hydroxylation is 1. The SMILES string of the molecule is C/C=C/CCc1ccc(-c2ccc(C3CCC4CC(CC/C=C/C)CCC4C3)cc2)cc1.